The molecule has 0 fully saturated rings. The molecule has 0 aliphatic carbocycles. The van der Waals surface area contributed by atoms with Gasteiger partial charge < -0.3 is 9.73 Å². The first-order chi connectivity index (χ1) is 7.00. The largest absolute Gasteiger partial charge is 0.391 e. The molecule has 0 aliphatic heterocycles. The Morgan fingerprint density at radius 1 is 1.47 bits per heavy atom. The van der Waals surface area contributed by atoms with Crippen LogP contribution in [-0.4, -0.2) is 17.0 Å². The van der Waals surface area contributed by atoms with E-state index in [-0.39, 0.29) is 5.45 Å². The van der Waals surface area contributed by atoms with Gasteiger partial charge in [-0.3, -0.25) is 4.57 Å². The molecule has 0 radical (unpaired) electrons. The summed E-state index contributed by atoms with van der Waals surface area (Å²) in [5, 5.41) is 3.59. The van der Waals surface area contributed by atoms with Crippen molar-refractivity contribution in [1.29, 1.82) is 0 Å². The van der Waals surface area contributed by atoms with Crippen molar-refractivity contribution >= 4 is 12.8 Å². The molecule has 1 rings (SSSR count). The van der Waals surface area contributed by atoms with Gasteiger partial charge in [0, 0.05) is 6.66 Å². The molecule has 0 spiro atoms. The summed E-state index contributed by atoms with van der Waals surface area (Å²) in [7, 11) is -3.25. The highest BCUT2D eigenvalue weighted by molar-refractivity contribution is 7.74. The van der Waals surface area contributed by atoms with Gasteiger partial charge in [-0.15, -0.1) is 0 Å². The fourth-order valence-corrected chi connectivity index (χ4v) is 1.06. The maximum atomic E-state index is 11.1. The fourth-order valence-electron chi connectivity index (χ4n) is 0.850. The zero-order valence-electron chi connectivity index (χ0n) is 8.75. The van der Waals surface area contributed by atoms with Gasteiger partial charge in [0.15, 0.2) is 0 Å². The minimum Gasteiger partial charge on any atom is -0.391 e. The van der Waals surface area contributed by atoms with E-state index in [0.29, 0.717) is 6.61 Å². The molecule has 1 aromatic rings. The van der Waals surface area contributed by atoms with Crippen LogP contribution in [0.3, 0.4) is 0 Å². The van der Waals surface area contributed by atoms with Gasteiger partial charge in [-0.25, -0.2) is 0 Å². The summed E-state index contributed by atoms with van der Waals surface area (Å²) in [5.74, 6) is 0. The van der Waals surface area contributed by atoms with Gasteiger partial charge in [0.25, 0.3) is 0 Å². The second kappa shape index (κ2) is 5.10. The van der Waals surface area contributed by atoms with Crippen molar-refractivity contribution in [3.8, 4) is 0 Å². The Hall–Kier alpha value is -1.12. The van der Waals surface area contributed by atoms with Crippen molar-refractivity contribution in [2.24, 2.45) is 5.16 Å². The molecule has 0 aromatic heterocycles. The summed E-state index contributed by atoms with van der Waals surface area (Å²) in [6.07, 6.45) is 0. The Morgan fingerprint density at radius 3 is 2.60 bits per heavy atom. The molecule has 0 aliphatic rings. The fraction of sp³-hybridized carbons (Fsp3) is 0.300. The maximum absolute atomic E-state index is 11.1. The number of nitrogens with zero attached hydrogens (tertiary/aromatic N) is 1. The predicted molar refractivity (Wildman–Crippen MR) is 60.1 cm³/mol. The molecule has 4 nitrogen and oxygen atoms in total. The lowest BCUT2D eigenvalue weighted by Gasteiger charge is -2.04. The van der Waals surface area contributed by atoms with Gasteiger partial charge in [0.1, 0.15) is 12.1 Å². The standard InChI is InChI=1S/C10H14NO3P/c1-9(15(2,12)13)11-14-8-10-6-4-3-5-7-10/h3-7H,8H2,1-2H3,(H,12,13). The lowest BCUT2D eigenvalue weighted by Crippen LogP contribution is -1.94. The topological polar surface area (TPSA) is 58.9 Å². The van der Waals surface area contributed by atoms with Crippen molar-refractivity contribution in [3.63, 3.8) is 0 Å². The summed E-state index contributed by atoms with van der Waals surface area (Å²) < 4.78 is 11.1. The Balaban J connectivity index is 2.50. The van der Waals surface area contributed by atoms with Crippen molar-refractivity contribution < 1.29 is 14.3 Å². The normalized spacial score (nSPS) is 15.8. The van der Waals surface area contributed by atoms with E-state index in [2.05, 4.69) is 5.16 Å². The van der Waals surface area contributed by atoms with Gasteiger partial charge in [-0.05, 0) is 12.5 Å². The first-order valence-electron chi connectivity index (χ1n) is 4.51. The number of oxime groups is 1. The maximum Gasteiger partial charge on any atom is 0.243 e. The lowest BCUT2D eigenvalue weighted by atomic mass is 10.2. The highest BCUT2D eigenvalue weighted by atomic mass is 31.2. The molecule has 0 saturated carbocycles. The molecular formula is C10H14NO3P. The Kier molecular flexibility index (Phi) is 4.06. The Labute approximate surface area is 89.0 Å². The molecular weight excluding hydrogens is 213 g/mol. The minimum atomic E-state index is -3.25. The highest BCUT2D eigenvalue weighted by Gasteiger charge is 2.14. The highest BCUT2D eigenvalue weighted by Crippen LogP contribution is 2.36. The van der Waals surface area contributed by atoms with Crippen LogP contribution >= 0.6 is 7.37 Å². The molecule has 15 heavy (non-hydrogen) atoms. The summed E-state index contributed by atoms with van der Waals surface area (Å²) in [6.45, 7) is 3.02. The molecule has 1 atom stereocenters. The van der Waals surface area contributed by atoms with Crippen LogP contribution in [0.1, 0.15) is 12.5 Å². The first-order valence-corrected chi connectivity index (χ1v) is 6.62. The second-order valence-corrected chi connectivity index (χ2v) is 5.68. The van der Waals surface area contributed by atoms with Crippen molar-refractivity contribution in [1.82, 2.24) is 0 Å². The van der Waals surface area contributed by atoms with Crippen molar-refractivity contribution in [3.05, 3.63) is 35.9 Å². The van der Waals surface area contributed by atoms with Gasteiger partial charge in [0.05, 0.1) is 0 Å². The van der Waals surface area contributed by atoms with Crippen LogP contribution in [0.25, 0.3) is 0 Å². The number of benzene rings is 1. The van der Waals surface area contributed by atoms with Crippen molar-refractivity contribution in [2.45, 2.75) is 13.5 Å². The van der Waals surface area contributed by atoms with Crippen LogP contribution in [-0.2, 0) is 16.0 Å². The average molecular weight is 227 g/mol. The van der Waals surface area contributed by atoms with Crippen LogP contribution in [0.5, 0.6) is 0 Å². The molecule has 5 heteroatoms. The number of rotatable bonds is 4. The van der Waals surface area contributed by atoms with Crippen LogP contribution < -0.4 is 0 Å². The lowest BCUT2D eigenvalue weighted by molar-refractivity contribution is 0.131. The predicted octanol–water partition coefficient (Wildman–Crippen LogP) is 2.44. The third-order valence-corrected chi connectivity index (χ3v) is 3.15. The third-order valence-electron chi connectivity index (χ3n) is 1.87. The number of hydrogen-bond acceptors (Lipinski definition) is 3. The summed E-state index contributed by atoms with van der Waals surface area (Å²) in [6, 6.07) is 9.49. The van der Waals surface area contributed by atoms with Crippen LogP contribution in [0.4, 0.5) is 0 Å². The van der Waals surface area contributed by atoms with E-state index in [1.807, 2.05) is 30.3 Å². The van der Waals surface area contributed by atoms with Crippen LogP contribution in [0.2, 0.25) is 0 Å². The Bertz CT molecular complexity index is 383. The van der Waals surface area contributed by atoms with Gasteiger partial charge in [-0.2, -0.15) is 0 Å². The van der Waals surface area contributed by atoms with Crippen LogP contribution in [0, 0.1) is 0 Å². The van der Waals surface area contributed by atoms with E-state index in [1.165, 1.54) is 13.6 Å². The molecule has 0 saturated heterocycles. The summed E-state index contributed by atoms with van der Waals surface area (Å²) in [4.78, 5) is 14.1. The second-order valence-electron chi connectivity index (χ2n) is 3.28. The zero-order valence-corrected chi connectivity index (χ0v) is 9.65. The monoisotopic (exact) mass is 227 g/mol. The zero-order chi connectivity index (χ0) is 11.3. The molecule has 1 N–H and O–H groups in total. The van der Waals surface area contributed by atoms with Gasteiger partial charge in [-0.1, -0.05) is 35.5 Å². The molecule has 0 bridgehead atoms. The Morgan fingerprint density at radius 2 is 2.07 bits per heavy atom. The van der Waals surface area contributed by atoms with Gasteiger partial charge >= 0.3 is 0 Å². The smallest absolute Gasteiger partial charge is 0.243 e. The van der Waals surface area contributed by atoms with Crippen LogP contribution in [0.15, 0.2) is 35.5 Å². The van der Waals surface area contributed by atoms with E-state index in [4.69, 9.17) is 9.73 Å². The van der Waals surface area contributed by atoms with Crippen molar-refractivity contribution in [2.75, 3.05) is 6.66 Å². The number of hydrogen-bond donors (Lipinski definition) is 1. The molecule has 0 amide bonds. The molecule has 1 unspecified atom stereocenters. The SMILES string of the molecule is CC(=NOCc1ccccc1)P(C)(=O)O. The van der Waals surface area contributed by atoms with Gasteiger partial charge in [0.2, 0.25) is 7.37 Å². The first kappa shape index (κ1) is 12.0. The minimum absolute atomic E-state index is 0.124. The molecule has 82 valence electrons. The van der Waals surface area contributed by atoms with E-state index < -0.39 is 7.37 Å². The van der Waals surface area contributed by atoms with E-state index in [0.717, 1.165) is 5.56 Å². The van der Waals surface area contributed by atoms with E-state index in [9.17, 15) is 4.57 Å². The summed E-state index contributed by atoms with van der Waals surface area (Å²) in [5.41, 5.74) is 1.09. The van der Waals surface area contributed by atoms with E-state index >= 15 is 0 Å². The summed E-state index contributed by atoms with van der Waals surface area (Å²) >= 11 is 0. The van der Waals surface area contributed by atoms with E-state index in [1.54, 1.807) is 0 Å². The average Bonchev–Trinajstić information content (AvgIpc) is 2.18. The third kappa shape index (κ3) is 4.28. The molecule has 0 heterocycles. The molecule has 1 aromatic carbocycles. The quantitative estimate of drug-likeness (QED) is 0.488.